The Morgan fingerprint density at radius 3 is 2.81 bits per heavy atom. The third kappa shape index (κ3) is 3.22. The van der Waals surface area contributed by atoms with Crippen LogP contribution in [0, 0.1) is 5.41 Å². The van der Waals surface area contributed by atoms with Gasteiger partial charge in [0.25, 0.3) is 0 Å². The maximum Gasteiger partial charge on any atom is 0.317 e. The van der Waals surface area contributed by atoms with Crippen molar-refractivity contribution in [2.75, 3.05) is 24.5 Å². The summed E-state index contributed by atoms with van der Waals surface area (Å²) in [5.41, 5.74) is 1.49. The Bertz CT molecular complexity index is 800. The fourth-order valence-electron chi connectivity index (χ4n) is 3.74. The number of aromatic nitrogens is 3. The molecule has 8 nitrogen and oxygen atoms in total. The van der Waals surface area contributed by atoms with Gasteiger partial charge in [-0.3, -0.25) is 9.78 Å². The van der Waals surface area contributed by atoms with E-state index >= 15 is 0 Å². The first-order valence-corrected chi connectivity index (χ1v) is 8.62. The van der Waals surface area contributed by atoms with E-state index in [2.05, 4.69) is 20.3 Å². The molecule has 0 aliphatic carbocycles. The first-order valence-electron chi connectivity index (χ1n) is 8.62. The lowest BCUT2D eigenvalue weighted by molar-refractivity contribution is -0.117. The monoisotopic (exact) mass is 352 g/mol. The topological polar surface area (TPSA) is 91.3 Å². The molecule has 4 heterocycles. The van der Waals surface area contributed by atoms with Gasteiger partial charge in [-0.1, -0.05) is 6.07 Å². The number of carbonyl (C=O) groups excluding carboxylic acids is 2. The van der Waals surface area contributed by atoms with Crippen molar-refractivity contribution in [3.63, 3.8) is 0 Å². The number of anilines is 1. The van der Waals surface area contributed by atoms with Crippen molar-refractivity contribution in [2.24, 2.45) is 5.41 Å². The second-order valence-corrected chi connectivity index (χ2v) is 6.94. The number of pyridine rings is 1. The van der Waals surface area contributed by atoms with Gasteiger partial charge in [0.15, 0.2) is 0 Å². The molecule has 0 saturated carbocycles. The summed E-state index contributed by atoms with van der Waals surface area (Å²) in [4.78, 5) is 40.5. The number of hydrogen-bond acceptors (Lipinski definition) is 5. The van der Waals surface area contributed by atoms with Crippen molar-refractivity contribution in [3.8, 4) is 0 Å². The second kappa shape index (κ2) is 6.70. The predicted octanol–water partition coefficient (Wildman–Crippen LogP) is 1.21. The Balaban J connectivity index is 1.37. The molecule has 2 aliphatic heterocycles. The van der Waals surface area contributed by atoms with Crippen LogP contribution >= 0.6 is 0 Å². The molecule has 1 spiro atoms. The van der Waals surface area contributed by atoms with Crippen LogP contribution in [0.25, 0.3) is 0 Å². The van der Waals surface area contributed by atoms with Crippen LogP contribution in [0.4, 0.5) is 10.5 Å². The largest absolute Gasteiger partial charge is 0.334 e. The Hall–Kier alpha value is -3.03. The third-order valence-corrected chi connectivity index (χ3v) is 5.07. The molecule has 3 amide bonds. The summed E-state index contributed by atoms with van der Waals surface area (Å²) in [6.45, 7) is 2.29. The zero-order chi connectivity index (χ0) is 18.0. The van der Waals surface area contributed by atoms with Crippen LogP contribution in [-0.4, -0.2) is 51.4 Å². The number of amides is 3. The molecule has 0 radical (unpaired) electrons. The number of carbonyl (C=O) groups is 2. The van der Waals surface area contributed by atoms with Gasteiger partial charge in [-0.15, -0.1) is 0 Å². The van der Waals surface area contributed by atoms with E-state index in [4.69, 9.17) is 0 Å². The highest BCUT2D eigenvalue weighted by atomic mass is 16.2. The van der Waals surface area contributed by atoms with Crippen molar-refractivity contribution >= 4 is 17.6 Å². The summed E-state index contributed by atoms with van der Waals surface area (Å²) >= 11 is 0. The number of rotatable bonds is 3. The Kier molecular flexibility index (Phi) is 4.24. The molecule has 8 heteroatoms. The second-order valence-electron chi connectivity index (χ2n) is 6.94. The van der Waals surface area contributed by atoms with E-state index in [0.29, 0.717) is 38.3 Å². The van der Waals surface area contributed by atoms with Gasteiger partial charge in [-0.2, -0.15) is 0 Å². The van der Waals surface area contributed by atoms with Gasteiger partial charge in [0.05, 0.1) is 18.1 Å². The van der Waals surface area contributed by atoms with Crippen molar-refractivity contribution in [2.45, 2.75) is 19.4 Å². The molecular formula is C18H20N6O2. The van der Waals surface area contributed by atoms with E-state index in [1.165, 1.54) is 6.33 Å². The SMILES string of the molecule is O=C(NCc1cccnc1)N1CCC2(CC(=O)N(c3cncnc3)C2)C1. The van der Waals surface area contributed by atoms with Gasteiger partial charge in [0.2, 0.25) is 5.91 Å². The first kappa shape index (κ1) is 16.4. The molecule has 2 saturated heterocycles. The summed E-state index contributed by atoms with van der Waals surface area (Å²) in [7, 11) is 0. The van der Waals surface area contributed by atoms with Gasteiger partial charge in [-0.05, 0) is 18.1 Å². The van der Waals surface area contributed by atoms with E-state index < -0.39 is 0 Å². The third-order valence-electron chi connectivity index (χ3n) is 5.07. The summed E-state index contributed by atoms with van der Waals surface area (Å²) in [6.07, 6.45) is 9.47. The summed E-state index contributed by atoms with van der Waals surface area (Å²) in [6, 6.07) is 3.67. The van der Waals surface area contributed by atoms with Crippen LogP contribution in [0.15, 0.2) is 43.2 Å². The average molecular weight is 352 g/mol. The molecule has 1 unspecified atom stereocenters. The van der Waals surface area contributed by atoms with Crippen LogP contribution in [0.2, 0.25) is 0 Å². The van der Waals surface area contributed by atoms with Gasteiger partial charge < -0.3 is 15.1 Å². The highest BCUT2D eigenvalue weighted by Gasteiger charge is 2.48. The Labute approximate surface area is 151 Å². The van der Waals surface area contributed by atoms with E-state index in [-0.39, 0.29) is 17.4 Å². The molecule has 2 fully saturated rings. The normalized spacial score (nSPS) is 22.2. The van der Waals surface area contributed by atoms with Gasteiger partial charge in [-0.25, -0.2) is 14.8 Å². The van der Waals surface area contributed by atoms with Gasteiger partial charge in [0.1, 0.15) is 6.33 Å². The fraction of sp³-hybridized carbons (Fsp3) is 0.389. The highest BCUT2D eigenvalue weighted by molar-refractivity contribution is 5.96. The molecule has 2 aliphatic rings. The molecular weight excluding hydrogens is 332 g/mol. The van der Waals surface area contributed by atoms with Crippen LogP contribution < -0.4 is 10.2 Å². The van der Waals surface area contributed by atoms with Crippen molar-refractivity contribution in [1.82, 2.24) is 25.2 Å². The molecule has 0 aromatic carbocycles. The Morgan fingerprint density at radius 1 is 1.19 bits per heavy atom. The van der Waals surface area contributed by atoms with Crippen molar-refractivity contribution < 1.29 is 9.59 Å². The summed E-state index contributed by atoms with van der Waals surface area (Å²) < 4.78 is 0. The van der Waals surface area contributed by atoms with Crippen molar-refractivity contribution in [3.05, 3.63) is 48.8 Å². The number of likely N-dealkylation sites (tertiary alicyclic amines) is 1. The molecule has 4 rings (SSSR count). The quantitative estimate of drug-likeness (QED) is 0.896. The summed E-state index contributed by atoms with van der Waals surface area (Å²) in [5, 5.41) is 2.93. The fourth-order valence-corrected chi connectivity index (χ4v) is 3.74. The number of hydrogen-bond donors (Lipinski definition) is 1. The van der Waals surface area contributed by atoms with Gasteiger partial charge >= 0.3 is 6.03 Å². The maximum absolute atomic E-state index is 12.5. The number of nitrogens with one attached hydrogen (secondary N) is 1. The van der Waals surface area contributed by atoms with E-state index in [1.54, 1.807) is 34.6 Å². The van der Waals surface area contributed by atoms with Crippen LogP contribution in [-0.2, 0) is 11.3 Å². The smallest absolute Gasteiger partial charge is 0.317 e. The lowest BCUT2D eigenvalue weighted by atomic mass is 9.86. The molecule has 134 valence electrons. The van der Waals surface area contributed by atoms with Crippen LogP contribution in [0.5, 0.6) is 0 Å². The van der Waals surface area contributed by atoms with E-state index in [0.717, 1.165) is 12.0 Å². The lowest BCUT2D eigenvalue weighted by Gasteiger charge is -2.24. The standard InChI is InChI=1S/C18H20N6O2/c25-16-6-18(12-24(16)15-9-20-13-21-10-15)3-5-23(11-18)17(26)22-8-14-2-1-4-19-7-14/h1-2,4,7,9-10,13H,3,5-6,8,11-12H2,(H,22,26). The molecule has 1 N–H and O–H groups in total. The minimum atomic E-state index is -0.182. The minimum absolute atomic E-state index is 0.0671. The van der Waals surface area contributed by atoms with Gasteiger partial charge in [0, 0.05) is 50.4 Å². The number of urea groups is 1. The lowest BCUT2D eigenvalue weighted by Crippen LogP contribution is -2.40. The van der Waals surface area contributed by atoms with E-state index in [9.17, 15) is 9.59 Å². The maximum atomic E-state index is 12.5. The molecule has 2 aromatic heterocycles. The zero-order valence-electron chi connectivity index (χ0n) is 14.3. The summed E-state index contributed by atoms with van der Waals surface area (Å²) in [5.74, 6) is 0.0671. The van der Waals surface area contributed by atoms with Crippen molar-refractivity contribution in [1.29, 1.82) is 0 Å². The minimum Gasteiger partial charge on any atom is -0.334 e. The highest BCUT2D eigenvalue weighted by Crippen LogP contribution is 2.41. The molecule has 0 bridgehead atoms. The zero-order valence-corrected chi connectivity index (χ0v) is 14.3. The predicted molar refractivity (Wildman–Crippen MR) is 94.1 cm³/mol. The molecule has 2 aromatic rings. The number of nitrogens with zero attached hydrogens (tertiary/aromatic N) is 5. The first-order chi connectivity index (χ1) is 12.7. The average Bonchev–Trinajstić information content (AvgIpc) is 3.24. The molecule has 26 heavy (non-hydrogen) atoms. The van der Waals surface area contributed by atoms with Crippen LogP contribution in [0.3, 0.4) is 0 Å². The van der Waals surface area contributed by atoms with Crippen LogP contribution in [0.1, 0.15) is 18.4 Å². The van der Waals surface area contributed by atoms with E-state index in [1.807, 2.05) is 12.1 Å². The molecule has 1 atom stereocenters. The Morgan fingerprint density at radius 2 is 2.04 bits per heavy atom.